The minimum Gasteiger partial charge on any atom is -0.340 e. The largest absolute Gasteiger partial charge is 0.436 e. The highest BCUT2D eigenvalue weighted by Gasteiger charge is 2.21. The molecule has 3 N–H and O–H groups in total. The summed E-state index contributed by atoms with van der Waals surface area (Å²) in [4.78, 5) is 26.9. The van der Waals surface area contributed by atoms with E-state index in [0.29, 0.717) is 17.0 Å². The fourth-order valence-electron chi connectivity index (χ4n) is 2.16. The third-order valence-corrected chi connectivity index (χ3v) is 3.27. The van der Waals surface area contributed by atoms with Gasteiger partial charge in [-0.1, -0.05) is 18.2 Å². The van der Waals surface area contributed by atoms with Gasteiger partial charge in [-0.3, -0.25) is 9.95 Å². The number of hydrazone groups is 1. The summed E-state index contributed by atoms with van der Waals surface area (Å²) in [6, 6.07) is 9.23. The molecule has 118 valence electrons. The van der Waals surface area contributed by atoms with E-state index in [1.54, 1.807) is 0 Å². The molecule has 0 unspecified atom stereocenters. The number of benzene rings is 1. The quantitative estimate of drug-likeness (QED) is 0.282. The topological polar surface area (TPSA) is 129 Å². The zero-order valence-electron chi connectivity index (χ0n) is 12.2. The summed E-state index contributed by atoms with van der Waals surface area (Å²) < 4.78 is 6.32. The molecular formula is C14H11N8O2+. The minimum absolute atomic E-state index is 0.226. The molecule has 3 aromatic heterocycles. The molecule has 0 fully saturated rings. The molecule has 4 aromatic rings. The Bertz CT molecular complexity index is 1060. The Hall–Kier alpha value is -3.82. The van der Waals surface area contributed by atoms with E-state index in [-0.39, 0.29) is 5.69 Å². The van der Waals surface area contributed by atoms with E-state index in [1.807, 2.05) is 30.3 Å². The summed E-state index contributed by atoms with van der Waals surface area (Å²) in [7, 11) is 0. The van der Waals surface area contributed by atoms with Crippen molar-refractivity contribution in [3.8, 4) is 5.69 Å². The lowest BCUT2D eigenvalue weighted by Crippen LogP contribution is -2.38. The summed E-state index contributed by atoms with van der Waals surface area (Å²) in [5, 5.41) is 6.58. The van der Waals surface area contributed by atoms with Crippen LogP contribution in [0.1, 0.15) is 5.69 Å². The smallest absolute Gasteiger partial charge is 0.340 e. The molecule has 0 atom stereocenters. The monoisotopic (exact) mass is 323 g/mol. The number of hydrogen-bond donors (Lipinski definition) is 3. The van der Waals surface area contributed by atoms with E-state index >= 15 is 0 Å². The first-order valence-electron chi connectivity index (χ1n) is 6.95. The highest BCUT2D eigenvalue weighted by atomic mass is 16.5. The number of H-pyrrole nitrogens is 2. The van der Waals surface area contributed by atoms with Gasteiger partial charge in [0, 0.05) is 12.1 Å². The fourth-order valence-corrected chi connectivity index (χ4v) is 2.16. The van der Waals surface area contributed by atoms with Gasteiger partial charge in [0.25, 0.3) is 0 Å². The Morgan fingerprint density at radius 2 is 2.08 bits per heavy atom. The molecule has 24 heavy (non-hydrogen) atoms. The molecule has 0 saturated heterocycles. The second-order valence-corrected chi connectivity index (χ2v) is 4.73. The second kappa shape index (κ2) is 5.76. The number of para-hydroxylation sites is 1. The van der Waals surface area contributed by atoms with Gasteiger partial charge < -0.3 is 4.98 Å². The van der Waals surface area contributed by atoms with Crippen molar-refractivity contribution in [3.05, 3.63) is 59.1 Å². The van der Waals surface area contributed by atoms with Crippen molar-refractivity contribution in [3.63, 3.8) is 0 Å². The van der Waals surface area contributed by atoms with Crippen LogP contribution in [0.25, 0.3) is 16.9 Å². The number of anilines is 1. The molecule has 0 spiro atoms. The maximum absolute atomic E-state index is 11.8. The molecule has 0 aliphatic rings. The van der Waals surface area contributed by atoms with Gasteiger partial charge in [-0.15, -0.1) is 0 Å². The predicted octanol–water partition coefficient (Wildman–Crippen LogP) is 0.357. The molecule has 3 heterocycles. The van der Waals surface area contributed by atoms with E-state index in [0.717, 1.165) is 5.69 Å². The van der Waals surface area contributed by atoms with Crippen LogP contribution in [0, 0.1) is 0 Å². The van der Waals surface area contributed by atoms with Gasteiger partial charge in [0.1, 0.15) is 18.1 Å². The average molecular weight is 323 g/mol. The summed E-state index contributed by atoms with van der Waals surface area (Å²) in [6.45, 7) is 0. The van der Waals surface area contributed by atoms with Crippen LogP contribution in [-0.2, 0) is 0 Å². The Morgan fingerprint density at radius 3 is 2.96 bits per heavy atom. The first-order chi connectivity index (χ1) is 11.8. The van der Waals surface area contributed by atoms with Crippen molar-refractivity contribution < 1.29 is 9.20 Å². The first-order valence-corrected chi connectivity index (χ1v) is 6.95. The standard InChI is InChI=1S/C14H10N8O2/c23-14-10(22(21-24-14)9-4-2-1-3-5-9)6-19-20-13-11-12(16-7-15-11)17-8-18-13/h1-8,21H,(H,15,16,17,18,19,23)/p+1. The van der Waals surface area contributed by atoms with Crippen molar-refractivity contribution in [2.45, 2.75) is 0 Å². The fraction of sp³-hybridized carbons (Fsp3) is 0. The number of hydrogen-bond acceptors (Lipinski definition) is 7. The molecule has 10 nitrogen and oxygen atoms in total. The van der Waals surface area contributed by atoms with Gasteiger partial charge in [-0.05, 0) is 9.95 Å². The molecule has 1 aromatic carbocycles. The van der Waals surface area contributed by atoms with E-state index in [4.69, 9.17) is 4.52 Å². The SMILES string of the molecule is O=c1o[nH][n+](-c2ccccc2)c1C=NNc1ncnc2nc[nH]c12. The van der Waals surface area contributed by atoms with Crippen LogP contribution in [0.2, 0.25) is 0 Å². The van der Waals surface area contributed by atoms with E-state index < -0.39 is 5.63 Å². The summed E-state index contributed by atoms with van der Waals surface area (Å²) >= 11 is 0. The Balaban J connectivity index is 1.64. The zero-order chi connectivity index (χ0) is 16.4. The van der Waals surface area contributed by atoms with Crippen LogP contribution < -0.4 is 15.7 Å². The van der Waals surface area contributed by atoms with Crippen molar-refractivity contribution >= 4 is 23.2 Å². The third-order valence-electron chi connectivity index (χ3n) is 3.27. The molecular weight excluding hydrogens is 312 g/mol. The summed E-state index contributed by atoms with van der Waals surface area (Å²) in [5.41, 5.74) is 4.31. The van der Waals surface area contributed by atoms with E-state index in [1.165, 1.54) is 23.6 Å². The normalized spacial score (nSPS) is 11.3. The van der Waals surface area contributed by atoms with Crippen LogP contribution in [0.3, 0.4) is 0 Å². The highest BCUT2D eigenvalue weighted by Crippen LogP contribution is 2.13. The second-order valence-electron chi connectivity index (χ2n) is 4.73. The average Bonchev–Trinajstić information content (AvgIpc) is 3.23. The predicted molar refractivity (Wildman–Crippen MR) is 83.8 cm³/mol. The zero-order valence-corrected chi connectivity index (χ0v) is 12.2. The first kappa shape index (κ1) is 13.8. The molecule has 4 rings (SSSR count). The highest BCUT2D eigenvalue weighted by molar-refractivity contribution is 5.83. The van der Waals surface area contributed by atoms with Gasteiger partial charge in [0.2, 0.25) is 5.69 Å². The number of imidazole rings is 1. The van der Waals surface area contributed by atoms with Crippen LogP contribution in [0.15, 0.2) is 57.4 Å². The van der Waals surface area contributed by atoms with Crippen LogP contribution >= 0.6 is 0 Å². The number of nitrogens with zero attached hydrogens (tertiary/aromatic N) is 5. The van der Waals surface area contributed by atoms with Gasteiger partial charge >= 0.3 is 11.3 Å². The van der Waals surface area contributed by atoms with Crippen molar-refractivity contribution in [1.29, 1.82) is 0 Å². The molecule has 0 saturated carbocycles. The maximum atomic E-state index is 11.8. The van der Waals surface area contributed by atoms with Gasteiger partial charge in [0.15, 0.2) is 11.5 Å². The molecule has 10 heteroatoms. The lowest BCUT2D eigenvalue weighted by molar-refractivity contribution is -0.671. The lowest BCUT2D eigenvalue weighted by atomic mass is 10.3. The number of nitrogens with one attached hydrogen (secondary N) is 3. The van der Waals surface area contributed by atoms with E-state index in [2.05, 4.69) is 35.7 Å². The van der Waals surface area contributed by atoms with Crippen molar-refractivity contribution in [1.82, 2.24) is 25.2 Å². The summed E-state index contributed by atoms with van der Waals surface area (Å²) in [5.74, 6) is 0.444. The molecule has 0 bridgehead atoms. The van der Waals surface area contributed by atoms with Crippen LogP contribution in [-0.4, -0.2) is 31.4 Å². The molecule has 0 radical (unpaired) electrons. The van der Waals surface area contributed by atoms with Crippen molar-refractivity contribution in [2.75, 3.05) is 5.43 Å². The third kappa shape index (κ3) is 2.41. The van der Waals surface area contributed by atoms with Crippen molar-refractivity contribution in [2.24, 2.45) is 5.10 Å². The molecule has 0 aliphatic carbocycles. The van der Waals surface area contributed by atoms with E-state index in [9.17, 15) is 4.79 Å². The number of aromatic nitrogens is 6. The van der Waals surface area contributed by atoms with Crippen LogP contribution in [0.5, 0.6) is 0 Å². The number of aromatic amines is 2. The van der Waals surface area contributed by atoms with Gasteiger partial charge in [-0.25, -0.2) is 19.7 Å². The van der Waals surface area contributed by atoms with Gasteiger partial charge in [-0.2, -0.15) is 5.10 Å². The summed E-state index contributed by atoms with van der Waals surface area (Å²) in [6.07, 6.45) is 4.23. The molecule has 0 amide bonds. The van der Waals surface area contributed by atoms with Crippen LogP contribution in [0.4, 0.5) is 5.82 Å². The maximum Gasteiger partial charge on any atom is 0.436 e. The van der Waals surface area contributed by atoms with Gasteiger partial charge in [0.05, 0.1) is 6.33 Å². The molecule has 0 aliphatic heterocycles. The Morgan fingerprint density at radius 1 is 1.21 bits per heavy atom. The lowest BCUT2D eigenvalue weighted by Gasteiger charge is -1.98. The minimum atomic E-state index is -0.543. The Kier molecular flexibility index (Phi) is 3.31. The number of rotatable bonds is 4. The number of fused-ring (bicyclic) bond motifs is 1. The Labute approximate surface area is 133 Å².